The summed E-state index contributed by atoms with van der Waals surface area (Å²) in [7, 11) is 9.40. The zero-order valence-electron chi connectivity index (χ0n) is 3.79. The Hall–Kier alpha value is 2.23. The van der Waals surface area contributed by atoms with Gasteiger partial charge in [-0.05, 0) is 0 Å². The molecule has 9 heavy (non-hydrogen) atoms. The van der Waals surface area contributed by atoms with Crippen LogP contribution in [0.2, 0.25) is 0 Å². The van der Waals surface area contributed by atoms with E-state index in [4.69, 9.17) is 66.8 Å². The zero-order chi connectivity index (χ0) is 7.91. The second kappa shape index (κ2) is 8.33. The van der Waals surface area contributed by atoms with Crippen molar-refractivity contribution >= 4 is 66.8 Å². The maximum atomic E-state index is 5.12. The van der Waals surface area contributed by atoms with Gasteiger partial charge >= 0.3 is 33.0 Å². The third-order valence-corrected chi connectivity index (χ3v) is 1.36. The molecule has 0 aromatic heterocycles. The van der Waals surface area contributed by atoms with Crippen molar-refractivity contribution in [1.82, 2.24) is 0 Å². The molecule has 0 heterocycles. The van der Waals surface area contributed by atoms with E-state index in [0.29, 0.717) is 12.7 Å². The first-order chi connectivity index (χ1) is 3.97. The fourth-order valence-corrected chi connectivity index (χ4v) is 0. The van der Waals surface area contributed by atoms with Crippen LogP contribution in [0.3, 0.4) is 0 Å². The quantitative estimate of drug-likeness (QED) is 0.469. The van der Waals surface area contributed by atoms with Gasteiger partial charge in [0.1, 0.15) is 0 Å². The molecule has 0 amide bonds. The van der Waals surface area contributed by atoms with Crippen LogP contribution in [0.4, 0.5) is 0 Å². The van der Waals surface area contributed by atoms with Crippen molar-refractivity contribution in [2.24, 2.45) is 0 Å². The molecule has 0 fully saturated rings. The number of alkyl halides is 4. The SMILES string of the molecule is ClCC(Cl)(Cl)Cl.[Cl][Ni][Cl]. The Morgan fingerprint density at radius 2 is 1.22 bits per heavy atom. The summed E-state index contributed by atoms with van der Waals surface area (Å²) in [5, 5.41) is 0. The summed E-state index contributed by atoms with van der Waals surface area (Å²) in [6, 6.07) is 0. The van der Waals surface area contributed by atoms with Crippen LogP contribution in [0.15, 0.2) is 0 Å². The van der Waals surface area contributed by atoms with Gasteiger partial charge in [0.05, 0.1) is 5.88 Å². The van der Waals surface area contributed by atoms with Crippen molar-refractivity contribution in [2.75, 3.05) is 5.88 Å². The summed E-state index contributed by atoms with van der Waals surface area (Å²) in [4.78, 5) is 0. The van der Waals surface area contributed by atoms with E-state index in [9.17, 15) is 0 Å². The first-order valence-corrected chi connectivity index (χ1v) is 5.81. The van der Waals surface area contributed by atoms with Crippen molar-refractivity contribution in [2.45, 2.75) is 3.79 Å². The average Bonchev–Trinajstić information content (AvgIpc) is 1.67. The van der Waals surface area contributed by atoms with Gasteiger partial charge in [-0.15, -0.1) is 11.6 Å². The van der Waals surface area contributed by atoms with Crippen molar-refractivity contribution in [1.29, 1.82) is 0 Å². The van der Waals surface area contributed by atoms with Gasteiger partial charge in [-0.3, -0.25) is 0 Å². The van der Waals surface area contributed by atoms with Crippen LogP contribution in [-0.2, 0) is 12.7 Å². The fourth-order valence-electron chi connectivity index (χ4n) is 0. The van der Waals surface area contributed by atoms with Gasteiger partial charge in [-0.1, -0.05) is 34.8 Å². The summed E-state index contributed by atoms with van der Waals surface area (Å²) in [6.45, 7) is 0. The molecule has 0 unspecified atom stereocenters. The molecule has 0 aliphatic rings. The zero-order valence-corrected chi connectivity index (χ0v) is 9.31. The summed E-state index contributed by atoms with van der Waals surface area (Å²) >= 11 is 21.0. The Labute approximate surface area is 88.4 Å². The molecule has 0 nitrogen and oxygen atoms in total. The molecule has 0 aliphatic heterocycles. The van der Waals surface area contributed by atoms with Crippen LogP contribution in [0.1, 0.15) is 0 Å². The van der Waals surface area contributed by atoms with Gasteiger partial charge in [-0.2, -0.15) is 0 Å². The van der Waals surface area contributed by atoms with Gasteiger partial charge < -0.3 is 0 Å². The molecule has 0 aromatic rings. The molecule has 0 aliphatic carbocycles. The monoisotopic (exact) mass is 294 g/mol. The molecule has 0 rings (SSSR count). The Bertz CT molecular complexity index is 49.5. The molecule has 0 N–H and O–H groups in total. The van der Waals surface area contributed by atoms with Gasteiger partial charge in [-0.25, -0.2) is 0 Å². The van der Waals surface area contributed by atoms with Crippen LogP contribution in [0.25, 0.3) is 0 Å². The van der Waals surface area contributed by atoms with Crippen LogP contribution < -0.4 is 0 Å². The van der Waals surface area contributed by atoms with E-state index in [0.717, 1.165) is 0 Å². The van der Waals surface area contributed by atoms with E-state index in [2.05, 4.69) is 0 Å². The minimum absolute atomic E-state index is 0.0394. The first-order valence-electron chi connectivity index (χ1n) is 1.43. The van der Waals surface area contributed by atoms with Gasteiger partial charge in [0, 0.05) is 0 Å². The van der Waals surface area contributed by atoms with E-state index in [-0.39, 0.29) is 5.88 Å². The van der Waals surface area contributed by atoms with Crippen molar-refractivity contribution in [3.05, 3.63) is 0 Å². The summed E-state index contributed by atoms with van der Waals surface area (Å²) in [5.74, 6) is 0.0394. The molecule has 0 saturated heterocycles. The Balaban J connectivity index is 0. The van der Waals surface area contributed by atoms with Crippen LogP contribution in [0, 0.1) is 0 Å². The van der Waals surface area contributed by atoms with E-state index in [1.807, 2.05) is 0 Å². The Morgan fingerprint density at radius 3 is 1.22 bits per heavy atom. The second-order valence-corrected chi connectivity index (χ2v) is 5.21. The molecule has 0 saturated carbocycles. The third-order valence-electron chi connectivity index (χ3n) is 0.152. The number of halogens is 6. The molecule has 0 aromatic carbocycles. The van der Waals surface area contributed by atoms with Gasteiger partial charge in [0.2, 0.25) is 3.79 Å². The number of hydrogen-bond acceptors (Lipinski definition) is 0. The normalized spacial score (nSPS) is 10.4. The predicted molar refractivity (Wildman–Crippen MR) is 42.7 cm³/mol. The molecule has 0 spiro atoms. The molecule has 0 atom stereocenters. The first kappa shape index (κ1) is 13.8. The van der Waals surface area contributed by atoms with E-state index in [1.54, 1.807) is 0 Å². The number of hydrogen-bond donors (Lipinski definition) is 0. The van der Waals surface area contributed by atoms with Crippen molar-refractivity contribution in [3.8, 4) is 0 Å². The molecular weight excluding hydrogens is 295 g/mol. The van der Waals surface area contributed by atoms with Crippen LogP contribution in [0.5, 0.6) is 0 Å². The van der Waals surface area contributed by atoms with Gasteiger partial charge in [0.25, 0.3) is 0 Å². The fraction of sp³-hybridized carbons (Fsp3) is 1.00. The van der Waals surface area contributed by atoms with E-state index in [1.165, 1.54) is 0 Å². The average molecular weight is 297 g/mol. The Kier molecular flexibility index (Phi) is 12.8. The molecule has 0 bridgehead atoms. The van der Waals surface area contributed by atoms with E-state index < -0.39 is 3.79 Å². The summed E-state index contributed by atoms with van der Waals surface area (Å²) in [6.07, 6.45) is 0. The predicted octanol–water partition coefficient (Wildman–Crippen LogP) is 3.97. The molecule has 0 radical (unpaired) electrons. The van der Waals surface area contributed by atoms with Gasteiger partial charge in [0.15, 0.2) is 0 Å². The summed E-state index contributed by atoms with van der Waals surface area (Å²) < 4.78 is -1.28. The van der Waals surface area contributed by atoms with Crippen molar-refractivity contribution in [3.63, 3.8) is 0 Å². The standard InChI is InChI=1S/C2H2Cl4.2ClH.Ni/c3-1-2(4,5)6;;;/h1H2;2*1H;/q;;;+2/p-2. The van der Waals surface area contributed by atoms with E-state index >= 15 is 0 Å². The van der Waals surface area contributed by atoms with Crippen LogP contribution in [-0.4, -0.2) is 9.67 Å². The second-order valence-electron chi connectivity index (χ2n) is 0.794. The topological polar surface area (TPSA) is 0 Å². The number of rotatable bonds is 0. The maximum absolute atomic E-state index is 5.12. The summed E-state index contributed by atoms with van der Waals surface area (Å²) in [5.41, 5.74) is 0. The minimum atomic E-state index is -1.28. The Morgan fingerprint density at radius 1 is 1.11 bits per heavy atom. The molecule has 62 valence electrons. The van der Waals surface area contributed by atoms with Crippen molar-refractivity contribution < 1.29 is 12.7 Å². The van der Waals surface area contributed by atoms with Crippen LogP contribution >= 0.6 is 66.8 Å². The molecule has 7 heteroatoms. The molecular formula is C2H2Cl6Ni. The third kappa shape index (κ3) is 25.3.